The van der Waals surface area contributed by atoms with Crippen LogP contribution in [0.2, 0.25) is 5.02 Å². The number of rotatable bonds is 8. The van der Waals surface area contributed by atoms with Gasteiger partial charge < -0.3 is 5.11 Å². The number of aliphatic hydroxyl groups is 1. The smallest absolute Gasteiger partial charge is 0.244 e. The molecule has 0 radical (unpaired) electrons. The van der Waals surface area contributed by atoms with Crippen molar-refractivity contribution < 1.29 is 13.5 Å². The van der Waals surface area contributed by atoms with Crippen LogP contribution >= 0.6 is 40.3 Å². The van der Waals surface area contributed by atoms with E-state index in [1.807, 2.05) is 37.9 Å². The highest BCUT2D eigenvalue weighted by atomic mass is 79.9. The molecule has 1 aliphatic heterocycles. The normalized spacial score (nSPS) is 21.7. The van der Waals surface area contributed by atoms with Crippen LogP contribution in [0, 0.1) is 6.92 Å². The first-order valence-electron chi connectivity index (χ1n) is 10.6. The average molecular weight is 564 g/mol. The number of benzene rings is 2. The van der Waals surface area contributed by atoms with E-state index in [1.165, 1.54) is 4.31 Å². The topological polar surface area (TPSA) is 60.9 Å². The molecule has 2 unspecified atom stereocenters. The van der Waals surface area contributed by atoms with Crippen molar-refractivity contribution in [3.63, 3.8) is 0 Å². The van der Waals surface area contributed by atoms with Crippen LogP contribution in [-0.4, -0.2) is 48.6 Å². The molecule has 1 saturated heterocycles. The highest BCUT2D eigenvalue weighted by Gasteiger charge is 2.46. The minimum Gasteiger partial charge on any atom is -0.370 e. The van der Waals surface area contributed by atoms with Crippen LogP contribution in [0.4, 0.5) is 0 Å². The molecule has 0 aliphatic carbocycles. The van der Waals surface area contributed by atoms with Crippen LogP contribution in [0.15, 0.2) is 47.4 Å². The highest BCUT2D eigenvalue weighted by molar-refractivity contribution is 8.93. The molecule has 0 saturated carbocycles. The molecule has 2 atom stereocenters. The van der Waals surface area contributed by atoms with Crippen LogP contribution in [-0.2, 0) is 15.7 Å². The molecule has 32 heavy (non-hydrogen) atoms. The first kappa shape index (κ1) is 27.6. The Balaban J connectivity index is 0.00000363. The number of hydrogen-bond donors (Lipinski definition) is 1. The third-order valence-electron chi connectivity index (χ3n) is 5.79. The van der Waals surface area contributed by atoms with Crippen LogP contribution in [0.25, 0.3) is 0 Å². The lowest BCUT2D eigenvalue weighted by molar-refractivity contribution is -0.0778. The van der Waals surface area contributed by atoms with Crippen LogP contribution < -0.4 is 0 Å². The molecule has 1 N–H and O–H groups in total. The Hall–Kier alpha value is -0.610. The van der Waals surface area contributed by atoms with Crippen LogP contribution in [0.1, 0.15) is 48.8 Å². The second-order valence-corrected chi connectivity index (χ2v) is 11.4. The molecule has 178 valence electrons. The van der Waals surface area contributed by atoms with E-state index in [0.29, 0.717) is 24.4 Å². The summed E-state index contributed by atoms with van der Waals surface area (Å²) in [6, 6.07) is 13.0. The molecule has 3 rings (SSSR count). The minimum absolute atomic E-state index is 0. The molecule has 1 aliphatic rings. The van der Waals surface area contributed by atoms with E-state index in [-0.39, 0.29) is 32.3 Å². The van der Waals surface area contributed by atoms with Gasteiger partial charge in [0.25, 0.3) is 0 Å². The van der Waals surface area contributed by atoms with Gasteiger partial charge in [0.05, 0.1) is 10.4 Å². The average Bonchev–Trinajstić information content (AvgIpc) is 3.04. The molecule has 1 fully saturated rings. The molecule has 1 heterocycles. The highest BCUT2D eigenvalue weighted by Crippen LogP contribution is 2.49. The molecule has 9 heteroatoms. The van der Waals surface area contributed by atoms with Crippen molar-refractivity contribution in [2.24, 2.45) is 0 Å². The maximum Gasteiger partial charge on any atom is 0.244 e. The predicted molar refractivity (Wildman–Crippen MR) is 139 cm³/mol. The number of nitrogens with zero attached hydrogens (tertiary/aromatic N) is 2. The Morgan fingerprint density at radius 3 is 2.41 bits per heavy atom. The molecule has 2 aromatic carbocycles. The summed E-state index contributed by atoms with van der Waals surface area (Å²) in [6.45, 7) is 6.84. The summed E-state index contributed by atoms with van der Waals surface area (Å²) in [5.74, 6) is 0.428. The van der Waals surface area contributed by atoms with E-state index in [9.17, 15) is 13.5 Å². The fourth-order valence-electron chi connectivity index (χ4n) is 3.99. The second kappa shape index (κ2) is 11.2. The second-order valence-electron chi connectivity index (χ2n) is 8.00. The minimum atomic E-state index is -3.76. The van der Waals surface area contributed by atoms with Gasteiger partial charge in [-0.15, -0.1) is 28.7 Å². The fourth-order valence-corrected chi connectivity index (χ4v) is 7.72. The molecular formula is C23H32BrClN2O3S2. The number of sulfonamides is 1. The zero-order valence-corrected chi connectivity index (χ0v) is 23.0. The van der Waals surface area contributed by atoms with Gasteiger partial charge in [-0.1, -0.05) is 55.8 Å². The van der Waals surface area contributed by atoms with E-state index in [2.05, 4.69) is 19.1 Å². The summed E-state index contributed by atoms with van der Waals surface area (Å²) in [6.07, 6.45) is 1.44. The molecule has 5 nitrogen and oxygen atoms in total. The number of halogens is 2. The SMILES string of the molecule is Br.CCCN(CCC)S(=O)(=O)c1cc(C2(O)CSC(c3ccccc3C)N2C)ccc1Cl. The van der Waals surface area contributed by atoms with E-state index in [4.69, 9.17) is 11.6 Å². The molecule has 0 bridgehead atoms. The van der Waals surface area contributed by atoms with E-state index < -0.39 is 15.7 Å². The zero-order valence-electron chi connectivity index (χ0n) is 18.9. The predicted octanol–water partition coefficient (Wildman–Crippen LogP) is 5.56. The van der Waals surface area contributed by atoms with E-state index in [0.717, 1.165) is 24.0 Å². The molecule has 0 spiro atoms. The van der Waals surface area contributed by atoms with E-state index in [1.54, 1.807) is 30.0 Å². The maximum atomic E-state index is 13.4. The summed E-state index contributed by atoms with van der Waals surface area (Å²) < 4.78 is 28.2. The monoisotopic (exact) mass is 562 g/mol. The van der Waals surface area contributed by atoms with Gasteiger partial charge in [0, 0.05) is 24.4 Å². The molecule has 2 aromatic rings. The Kier molecular flexibility index (Phi) is 9.68. The summed E-state index contributed by atoms with van der Waals surface area (Å²) in [5, 5.41) is 11.8. The quantitative estimate of drug-likeness (QED) is 0.456. The van der Waals surface area contributed by atoms with Gasteiger partial charge in [0.2, 0.25) is 10.0 Å². The van der Waals surface area contributed by atoms with Gasteiger partial charge in [-0.3, -0.25) is 4.90 Å². The Morgan fingerprint density at radius 2 is 1.81 bits per heavy atom. The van der Waals surface area contributed by atoms with Gasteiger partial charge in [-0.05, 0) is 50.1 Å². The lowest BCUT2D eigenvalue weighted by Gasteiger charge is -2.34. The van der Waals surface area contributed by atoms with Crippen molar-refractivity contribution in [2.75, 3.05) is 25.9 Å². The van der Waals surface area contributed by atoms with Crippen LogP contribution in [0.5, 0.6) is 0 Å². The summed E-state index contributed by atoms with van der Waals surface area (Å²) >= 11 is 8.00. The van der Waals surface area contributed by atoms with Crippen molar-refractivity contribution in [2.45, 2.75) is 49.6 Å². The number of aryl methyl sites for hydroxylation is 1. The Bertz CT molecular complexity index is 1030. The lowest BCUT2D eigenvalue weighted by atomic mass is 10.0. The summed E-state index contributed by atoms with van der Waals surface area (Å²) in [4.78, 5) is 1.97. The third-order valence-corrected chi connectivity index (χ3v) is 9.62. The third kappa shape index (κ3) is 5.22. The largest absolute Gasteiger partial charge is 0.370 e. The van der Waals surface area contributed by atoms with Crippen LogP contribution in [0.3, 0.4) is 0 Å². The molecule has 0 aromatic heterocycles. The van der Waals surface area contributed by atoms with Gasteiger partial charge in [-0.25, -0.2) is 8.42 Å². The summed E-state index contributed by atoms with van der Waals surface area (Å²) in [7, 11) is -1.88. The Morgan fingerprint density at radius 1 is 1.19 bits per heavy atom. The molecule has 0 amide bonds. The Labute approximate surface area is 212 Å². The van der Waals surface area contributed by atoms with Crippen molar-refractivity contribution in [3.05, 3.63) is 64.2 Å². The van der Waals surface area contributed by atoms with E-state index >= 15 is 0 Å². The van der Waals surface area contributed by atoms with Crippen molar-refractivity contribution in [3.8, 4) is 0 Å². The van der Waals surface area contributed by atoms with Gasteiger partial charge >= 0.3 is 0 Å². The summed E-state index contributed by atoms with van der Waals surface area (Å²) in [5.41, 5.74) is 1.54. The lowest BCUT2D eigenvalue weighted by Crippen LogP contribution is -2.41. The first-order chi connectivity index (χ1) is 14.7. The van der Waals surface area contributed by atoms with Crippen molar-refractivity contribution in [1.82, 2.24) is 9.21 Å². The zero-order chi connectivity index (χ0) is 22.8. The van der Waals surface area contributed by atoms with Gasteiger partial charge in [0.15, 0.2) is 5.72 Å². The van der Waals surface area contributed by atoms with Crippen molar-refractivity contribution in [1.29, 1.82) is 0 Å². The number of hydrogen-bond acceptors (Lipinski definition) is 5. The van der Waals surface area contributed by atoms with Gasteiger partial charge in [0.1, 0.15) is 4.90 Å². The standard InChI is InChI=1S/C23H31ClN2O3S2.BrH/c1-5-13-26(14-6-2)31(28,29)21-15-18(11-12-20(21)24)23(27)16-30-22(25(23)4)19-10-8-7-9-17(19)3;/h7-12,15,22,27H,5-6,13-14,16H2,1-4H3;1H. The number of thioether (sulfide) groups is 1. The first-order valence-corrected chi connectivity index (χ1v) is 13.5. The van der Waals surface area contributed by atoms with Gasteiger partial charge in [-0.2, -0.15) is 4.31 Å². The molecular weight excluding hydrogens is 532 g/mol. The van der Waals surface area contributed by atoms with Crippen molar-refractivity contribution >= 4 is 50.4 Å². The fraction of sp³-hybridized carbons (Fsp3) is 0.478. The maximum absolute atomic E-state index is 13.4.